The largest absolute Gasteiger partial charge is 0.854 e. The van der Waals surface area contributed by atoms with E-state index >= 15 is 0 Å². The number of nitrogens with one attached hydrogen (secondary N) is 1. The predicted molar refractivity (Wildman–Crippen MR) is 63.2 cm³/mol. The van der Waals surface area contributed by atoms with Crippen molar-refractivity contribution in [3.8, 4) is 0 Å². The van der Waals surface area contributed by atoms with Crippen LogP contribution in [0.2, 0.25) is 10.0 Å². The highest BCUT2D eigenvalue weighted by molar-refractivity contribution is 6.35. The summed E-state index contributed by atoms with van der Waals surface area (Å²) in [5.41, 5.74) is -0.747. The number of hydrogen-bond acceptors (Lipinski definition) is 4. The molecule has 0 radical (unpaired) electrons. The number of H-pyrrole nitrogens is 1. The first-order valence-corrected chi connectivity index (χ1v) is 5.52. The van der Waals surface area contributed by atoms with E-state index in [1.165, 1.54) is 25.2 Å². The lowest BCUT2D eigenvalue weighted by atomic mass is 10.3. The summed E-state index contributed by atoms with van der Waals surface area (Å²) in [5, 5.41) is 14.7. The molecule has 0 aliphatic heterocycles. The molecule has 2 rings (SSSR count). The molecule has 0 bridgehead atoms. The Morgan fingerprint density at radius 3 is 2.50 bits per heavy atom. The Labute approximate surface area is 111 Å². The topological polar surface area (TPSA) is 85.3 Å². The number of aliphatic imine (C=N–C) groups is 1. The Kier molecular flexibility index (Phi) is 3.40. The Balaban J connectivity index is 2.48. The smallest absolute Gasteiger partial charge is 0.435 e. The van der Waals surface area contributed by atoms with Gasteiger partial charge in [0.05, 0.1) is 11.6 Å². The number of aromatic amines is 1. The van der Waals surface area contributed by atoms with Crippen molar-refractivity contribution in [3.63, 3.8) is 0 Å². The molecule has 0 fully saturated rings. The van der Waals surface area contributed by atoms with Gasteiger partial charge < -0.3 is 5.11 Å². The van der Waals surface area contributed by atoms with Crippen LogP contribution < -0.4 is 15.4 Å². The molecule has 6 nitrogen and oxygen atoms in total. The quantitative estimate of drug-likeness (QED) is 0.497. The lowest BCUT2D eigenvalue weighted by molar-refractivity contribution is -0.742. The number of nitrogens with zero attached hydrogens (tertiary/aromatic N) is 2. The first kappa shape index (κ1) is 12.7. The normalized spacial score (nSPS) is 11.8. The Morgan fingerprint density at radius 2 is 2.00 bits per heavy atom. The molecule has 0 aliphatic carbocycles. The summed E-state index contributed by atoms with van der Waals surface area (Å²) in [6.45, 7) is 0. The summed E-state index contributed by atoms with van der Waals surface area (Å²) in [5.74, 6) is -0.745. The van der Waals surface area contributed by atoms with Gasteiger partial charge in [-0.2, -0.15) is 0 Å². The molecule has 2 aromatic rings. The summed E-state index contributed by atoms with van der Waals surface area (Å²) in [6.07, 6.45) is 0. The van der Waals surface area contributed by atoms with E-state index in [4.69, 9.17) is 23.2 Å². The molecule has 0 saturated heterocycles. The minimum Gasteiger partial charge on any atom is -0.854 e. The highest BCUT2D eigenvalue weighted by Crippen LogP contribution is 2.24. The van der Waals surface area contributed by atoms with Crippen molar-refractivity contribution in [2.45, 2.75) is 0 Å². The van der Waals surface area contributed by atoms with Gasteiger partial charge in [-0.15, -0.1) is 0 Å². The van der Waals surface area contributed by atoms with Crippen molar-refractivity contribution in [1.82, 2.24) is 5.27 Å². The lowest BCUT2D eigenvalue weighted by Crippen LogP contribution is -2.43. The Bertz CT molecular complexity index is 655. The van der Waals surface area contributed by atoms with Gasteiger partial charge >= 0.3 is 11.3 Å². The summed E-state index contributed by atoms with van der Waals surface area (Å²) in [7, 11) is 1.46. The molecular weight excluding hydrogens is 281 g/mol. The summed E-state index contributed by atoms with van der Waals surface area (Å²) in [4.78, 5) is 15.0. The van der Waals surface area contributed by atoms with Crippen molar-refractivity contribution in [3.05, 3.63) is 44.4 Å². The molecule has 0 unspecified atom stereocenters. The minimum atomic E-state index is -0.792. The molecule has 0 amide bonds. The van der Waals surface area contributed by atoms with Gasteiger partial charge in [0, 0.05) is 10.0 Å². The van der Waals surface area contributed by atoms with Gasteiger partial charge in [-0.3, -0.25) is 9.52 Å². The van der Waals surface area contributed by atoms with E-state index in [0.29, 0.717) is 10.0 Å². The molecule has 1 aromatic heterocycles. The van der Waals surface area contributed by atoms with Crippen molar-refractivity contribution in [2.75, 3.05) is 0 Å². The first-order chi connectivity index (χ1) is 8.47. The molecule has 94 valence electrons. The second kappa shape index (κ2) is 4.83. The monoisotopic (exact) mass is 287 g/mol. The van der Waals surface area contributed by atoms with Crippen LogP contribution in [0, 0.1) is 0 Å². The van der Waals surface area contributed by atoms with Crippen molar-refractivity contribution < 1.29 is 14.3 Å². The molecule has 0 aliphatic rings. The van der Waals surface area contributed by atoms with Crippen molar-refractivity contribution >= 4 is 34.8 Å². The summed E-state index contributed by atoms with van der Waals surface area (Å²) >= 11 is 11.5. The molecule has 1 aromatic carbocycles. The summed E-state index contributed by atoms with van der Waals surface area (Å²) in [6, 6.07) is 4.43. The van der Waals surface area contributed by atoms with E-state index in [1.54, 1.807) is 0 Å². The summed E-state index contributed by atoms with van der Waals surface area (Å²) < 4.78 is 5.59. The number of aromatic nitrogens is 2. The molecule has 18 heavy (non-hydrogen) atoms. The number of aryl methyl sites for hydroxylation is 1. The number of hydrogen-bond donors (Lipinski definition) is 1. The molecule has 0 atom stereocenters. The third-order valence-electron chi connectivity index (χ3n) is 2.08. The molecule has 1 heterocycles. The van der Waals surface area contributed by atoms with E-state index in [1.807, 2.05) is 0 Å². The highest BCUT2D eigenvalue weighted by Gasteiger charge is 2.17. The predicted octanol–water partition coefficient (Wildman–Crippen LogP) is 0.538. The van der Waals surface area contributed by atoms with E-state index < -0.39 is 11.5 Å². The first-order valence-electron chi connectivity index (χ1n) is 4.77. The van der Waals surface area contributed by atoms with E-state index in [0.717, 1.165) is 4.68 Å². The zero-order valence-corrected chi connectivity index (χ0v) is 10.6. The fraction of sp³-hybridized carbons (Fsp3) is 0.100. The zero-order valence-electron chi connectivity index (χ0n) is 9.11. The lowest BCUT2D eigenvalue weighted by Gasteiger charge is -2.04. The van der Waals surface area contributed by atoms with Gasteiger partial charge in [0.1, 0.15) is 0 Å². The van der Waals surface area contributed by atoms with Gasteiger partial charge in [-0.25, -0.2) is 4.79 Å². The second-order valence-corrected chi connectivity index (χ2v) is 4.31. The molecule has 0 spiro atoms. The standard InChI is InChI=1S/C10H7Cl2N3O3/c1-15-8(10(17)18-14-15)9(16)13-7-3-5(11)2-6(12)4-7/h2-4H,1H3,(H-,13,14,16,17). The maximum Gasteiger partial charge on any atom is 0.435 e. The van der Waals surface area contributed by atoms with Crippen LogP contribution in [0.1, 0.15) is 5.69 Å². The van der Waals surface area contributed by atoms with Gasteiger partial charge in [-0.05, 0) is 23.5 Å². The van der Waals surface area contributed by atoms with Crippen LogP contribution in [0.3, 0.4) is 0 Å². The van der Waals surface area contributed by atoms with E-state index in [9.17, 15) is 9.90 Å². The average Bonchev–Trinajstić information content (AvgIpc) is 2.56. The fourth-order valence-electron chi connectivity index (χ4n) is 1.35. The Hall–Kier alpha value is -1.79. The second-order valence-electron chi connectivity index (χ2n) is 3.43. The number of rotatable bonds is 2. The minimum absolute atomic E-state index is 0.217. The van der Waals surface area contributed by atoms with Crippen LogP contribution >= 0.6 is 23.2 Å². The zero-order chi connectivity index (χ0) is 13.3. The van der Waals surface area contributed by atoms with Crippen LogP contribution in [-0.4, -0.2) is 11.2 Å². The van der Waals surface area contributed by atoms with Gasteiger partial charge in [0.2, 0.25) is 0 Å². The van der Waals surface area contributed by atoms with Crippen LogP contribution in [-0.2, 0) is 7.05 Å². The number of halogens is 2. The van der Waals surface area contributed by atoms with E-state index in [2.05, 4.69) is 14.8 Å². The third kappa shape index (κ3) is 2.55. The maximum absolute atomic E-state index is 11.8. The van der Waals surface area contributed by atoms with Gasteiger partial charge in [-0.1, -0.05) is 27.9 Å². The molecular formula is C10H7Cl2N3O3. The maximum atomic E-state index is 11.8. The van der Waals surface area contributed by atoms with E-state index in [-0.39, 0.29) is 11.4 Å². The molecule has 8 heteroatoms. The number of benzene rings is 1. The average molecular weight is 288 g/mol. The van der Waals surface area contributed by atoms with Gasteiger partial charge in [0.15, 0.2) is 7.05 Å². The van der Waals surface area contributed by atoms with Crippen molar-refractivity contribution in [1.29, 1.82) is 0 Å². The van der Waals surface area contributed by atoms with Crippen LogP contribution in [0.4, 0.5) is 5.69 Å². The Morgan fingerprint density at radius 1 is 1.39 bits per heavy atom. The molecule has 1 N–H and O–H groups in total. The van der Waals surface area contributed by atoms with Crippen molar-refractivity contribution in [2.24, 2.45) is 12.0 Å². The SMILES string of the molecule is C[n+]1[nH]oc(=O)c1C([O-])=Nc1cc(Cl)cc(Cl)c1. The van der Waals surface area contributed by atoms with Gasteiger partial charge in [0.25, 0.3) is 0 Å². The van der Waals surface area contributed by atoms with Crippen LogP contribution in [0.25, 0.3) is 0 Å². The molecule has 0 saturated carbocycles. The van der Waals surface area contributed by atoms with Crippen LogP contribution in [0.5, 0.6) is 0 Å². The third-order valence-corrected chi connectivity index (χ3v) is 2.52. The fourth-order valence-corrected chi connectivity index (χ4v) is 1.86. The van der Waals surface area contributed by atoms with Crippen LogP contribution in [0.15, 0.2) is 32.5 Å². The highest BCUT2D eigenvalue weighted by atomic mass is 35.5.